The molecule has 0 spiro atoms. The quantitative estimate of drug-likeness (QED) is 0.472. The second-order valence-electron chi connectivity index (χ2n) is 9.86. The zero-order valence-electron chi connectivity index (χ0n) is 20.4. The monoisotopic (exact) mass is 487 g/mol. The number of hydrogen-bond donors (Lipinski definition) is 1. The van der Waals surface area contributed by atoms with E-state index in [-0.39, 0.29) is 10.9 Å². The Morgan fingerprint density at radius 3 is 2.06 bits per heavy atom. The van der Waals surface area contributed by atoms with Crippen LogP contribution in [-0.2, 0) is 15.7 Å². The molecule has 3 aromatic carbocycles. The molecule has 5 rings (SSSR count). The van der Waals surface area contributed by atoms with Crippen LogP contribution in [0.4, 0.5) is 0 Å². The Bertz CT molecular complexity index is 1300. The lowest BCUT2D eigenvalue weighted by Gasteiger charge is -2.41. The van der Waals surface area contributed by atoms with Gasteiger partial charge < -0.3 is 0 Å². The normalized spacial score (nSPS) is 21.2. The fourth-order valence-corrected chi connectivity index (χ4v) is 6.73. The van der Waals surface area contributed by atoms with E-state index < -0.39 is 15.7 Å². The van der Waals surface area contributed by atoms with E-state index >= 15 is 0 Å². The molecule has 0 unspecified atom stereocenters. The Kier molecular flexibility index (Phi) is 6.51. The Hall–Kier alpha value is -2.96. The number of aryl methyl sites for hydroxylation is 2. The molecule has 35 heavy (non-hydrogen) atoms. The number of hydrazone groups is 1. The molecule has 1 aliphatic heterocycles. The Balaban J connectivity index is 1.68. The molecule has 2 aliphatic rings. The van der Waals surface area contributed by atoms with E-state index in [1.165, 1.54) is 10.8 Å². The summed E-state index contributed by atoms with van der Waals surface area (Å²) in [5, 5.41) is 8.68. The van der Waals surface area contributed by atoms with E-state index in [9.17, 15) is 8.42 Å². The van der Waals surface area contributed by atoms with Crippen molar-refractivity contribution < 1.29 is 8.42 Å². The molecule has 0 bridgehead atoms. The standard InChI is InChI=1S/C29H33N3O2S/c1-22-13-17-25(18-14-22)29(30-26-11-7-4-8-12-26)21-28(24-9-5-3-6-10-24)31-32(29)35(33,34)27-19-15-23(2)16-20-27/h3,5-6,9-10,13-20,26,30H,4,7-8,11-12,21H2,1-2H3/t29-/m1/s1. The van der Waals surface area contributed by atoms with E-state index in [4.69, 9.17) is 5.10 Å². The first kappa shape index (κ1) is 23.8. The van der Waals surface area contributed by atoms with Gasteiger partial charge in [0.05, 0.1) is 10.6 Å². The molecule has 1 N–H and O–H groups in total. The smallest absolute Gasteiger partial charge is 0.281 e. The fraction of sp³-hybridized carbons (Fsp3) is 0.345. The van der Waals surface area contributed by atoms with E-state index in [1.54, 1.807) is 12.1 Å². The number of nitrogens with zero attached hydrogens (tertiary/aromatic N) is 2. The highest BCUT2D eigenvalue weighted by Crippen LogP contribution is 2.42. The first-order valence-corrected chi connectivity index (χ1v) is 13.9. The summed E-state index contributed by atoms with van der Waals surface area (Å²) < 4.78 is 29.8. The molecule has 1 fully saturated rings. The highest BCUT2D eigenvalue weighted by Gasteiger charge is 2.51. The summed E-state index contributed by atoms with van der Waals surface area (Å²) in [6.07, 6.45) is 6.06. The van der Waals surface area contributed by atoms with E-state index in [0.717, 1.165) is 53.6 Å². The van der Waals surface area contributed by atoms with E-state index in [1.807, 2.05) is 68.4 Å². The van der Waals surface area contributed by atoms with Gasteiger partial charge in [-0.1, -0.05) is 97.1 Å². The van der Waals surface area contributed by atoms with Gasteiger partial charge in [-0.05, 0) is 49.9 Å². The van der Waals surface area contributed by atoms with Crippen molar-refractivity contribution in [3.63, 3.8) is 0 Å². The predicted octanol–water partition coefficient (Wildman–Crippen LogP) is 5.88. The number of nitrogens with one attached hydrogen (secondary N) is 1. The van der Waals surface area contributed by atoms with Crippen LogP contribution in [0, 0.1) is 13.8 Å². The van der Waals surface area contributed by atoms with Crippen molar-refractivity contribution in [2.45, 2.75) is 69.0 Å². The molecule has 6 heteroatoms. The maximum atomic E-state index is 14.2. The summed E-state index contributed by atoms with van der Waals surface area (Å²) >= 11 is 0. The van der Waals surface area contributed by atoms with Gasteiger partial charge in [0.15, 0.2) is 5.66 Å². The van der Waals surface area contributed by atoms with Crippen LogP contribution in [0.2, 0.25) is 0 Å². The summed E-state index contributed by atoms with van der Waals surface area (Å²) in [5.74, 6) is 0. The molecular formula is C29H33N3O2S. The second kappa shape index (κ2) is 9.59. The summed E-state index contributed by atoms with van der Waals surface area (Å²) in [6.45, 7) is 4.01. The van der Waals surface area contributed by atoms with Crippen molar-refractivity contribution in [3.8, 4) is 0 Å². The van der Waals surface area contributed by atoms with Crippen molar-refractivity contribution in [2.24, 2.45) is 5.10 Å². The zero-order chi connectivity index (χ0) is 24.5. The lowest BCUT2D eigenvalue weighted by Crippen LogP contribution is -2.57. The van der Waals surface area contributed by atoms with Crippen LogP contribution in [0.5, 0.6) is 0 Å². The Morgan fingerprint density at radius 1 is 0.829 bits per heavy atom. The minimum absolute atomic E-state index is 0.228. The van der Waals surface area contributed by atoms with Crippen LogP contribution in [0.25, 0.3) is 0 Å². The minimum atomic E-state index is -3.93. The molecule has 1 atom stereocenters. The highest BCUT2D eigenvalue weighted by molar-refractivity contribution is 7.89. The second-order valence-corrected chi connectivity index (χ2v) is 11.6. The maximum Gasteiger partial charge on any atom is 0.281 e. The SMILES string of the molecule is Cc1ccc([C@@]2(NC3CCCCC3)CC(c3ccccc3)=NN2S(=O)(=O)c2ccc(C)cc2)cc1. The number of hydrogen-bond acceptors (Lipinski definition) is 4. The molecule has 1 heterocycles. The largest absolute Gasteiger partial charge is 0.286 e. The predicted molar refractivity (Wildman–Crippen MR) is 141 cm³/mol. The number of rotatable bonds is 6. The van der Waals surface area contributed by atoms with Gasteiger partial charge in [0, 0.05) is 12.5 Å². The Morgan fingerprint density at radius 2 is 1.43 bits per heavy atom. The van der Waals surface area contributed by atoms with Crippen LogP contribution in [0.1, 0.15) is 60.8 Å². The van der Waals surface area contributed by atoms with Gasteiger partial charge in [0.2, 0.25) is 0 Å². The molecule has 1 aliphatic carbocycles. The molecular weight excluding hydrogens is 454 g/mol. The first-order valence-electron chi connectivity index (χ1n) is 12.5. The third-order valence-electron chi connectivity index (χ3n) is 7.19. The molecule has 1 saturated carbocycles. The van der Waals surface area contributed by atoms with Gasteiger partial charge >= 0.3 is 0 Å². The molecule has 3 aromatic rings. The maximum absolute atomic E-state index is 14.2. The van der Waals surface area contributed by atoms with Crippen molar-refractivity contribution in [1.29, 1.82) is 0 Å². The average Bonchev–Trinajstić information content (AvgIpc) is 3.27. The molecule has 182 valence electrons. The van der Waals surface area contributed by atoms with Gasteiger partial charge in [0.25, 0.3) is 10.0 Å². The summed E-state index contributed by atoms with van der Waals surface area (Å²) in [7, 11) is -3.93. The third kappa shape index (κ3) is 4.65. The van der Waals surface area contributed by atoms with E-state index in [0.29, 0.717) is 6.42 Å². The van der Waals surface area contributed by atoms with E-state index in [2.05, 4.69) is 17.4 Å². The van der Waals surface area contributed by atoms with Crippen LogP contribution >= 0.6 is 0 Å². The van der Waals surface area contributed by atoms with Crippen LogP contribution in [-0.4, -0.2) is 24.6 Å². The third-order valence-corrected chi connectivity index (χ3v) is 8.91. The van der Waals surface area contributed by atoms with Gasteiger partial charge in [-0.15, -0.1) is 0 Å². The average molecular weight is 488 g/mol. The lowest BCUT2D eigenvalue weighted by molar-refractivity contribution is 0.135. The number of benzene rings is 3. The number of sulfonamides is 1. The van der Waals surface area contributed by atoms with Crippen LogP contribution < -0.4 is 5.32 Å². The summed E-state index contributed by atoms with van der Waals surface area (Å²) in [5.41, 5.74) is 3.78. The molecule has 0 amide bonds. The van der Waals surface area contributed by atoms with Gasteiger partial charge in [-0.25, -0.2) is 0 Å². The van der Waals surface area contributed by atoms with Crippen LogP contribution in [0.15, 0.2) is 88.9 Å². The molecule has 0 saturated heterocycles. The van der Waals surface area contributed by atoms with Crippen molar-refractivity contribution in [2.75, 3.05) is 0 Å². The molecule has 0 aromatic heterocycles. The summed E-state index contributed by atoms with van der Waals surface area (Å²) in [4.78, 5) is 0.253. The van der Waals surface area contributed by atoms with Gasteiger partial charge in [-0.2, -0.15) is 17.9 Å². The zero-order valence-corrected chi connectivity index (χ0v) is 21.3. The topological polar surface area (TPSA) is 61.8 Å². The first-order chi connectivity index (χ1) is 16.9. The highest BCUT2D eigenvalue weighted by atomic mass is 32.2. The Labute approximate surface area is 208 Å². The molecule has 0 radical (unpaired) electrons. The fourth-order valence-electron chi connectivity index (χ4n) is 5.22. The lowest BCUT2D eigenvalue weighted by atomic mass is 9.88. The van der Waals surface area contributed by atoms with Gasteiger partial charge in [-0.3, -0.25) is 5.32 Å². The van der Waals surface area contributed by atoms with Crippen molar-refractivity contribution >= 4 is 15.7 Å². The van der Waals surface area contributed by atoms with Gasteiger partial charge in [0.1, 0.15) is 0 Å². The minimum Gasteiger partial charge on any atom is -0.286 e. The summed E-state index contributed by atoms with van der Waals surface area (Å²) in [6, 6.07) is 25.4. The van der Waals surface area contributed by atoms with Crippen molar-refractivity contribution in [1.82, 2.24) is 9.73 Å². The van der Waals surface area contributed by atoms with Crippen molar-refractivity contribution in [3.05, 3.63) is 101 Å². The van der Waals surface area contributed by atoms with Crippen LogP contribution in [0.3, 0.4) is 0 Å². The molecule has 5 nitrogen and oxygen atoms in total.